The van der Waals surface area contributed by atoms with Gasteiger partial charge in [-0.15, -0.1) is 19.9 Å². The number of carbonyl (C=O) groups is 2. The van der Waals surface area contributed by atoms with E-state index in [1.165, 1.54) is 23.2 Å². The Morgan fingerprint density at radius 1 is 1.13 bits per heavy atom. The second kappa shape index (κ2) is 4.92. The van der Waals surface area contributed by atoms with Gasteiger partial charge in [-0.3, -0.25) is 9.59 Å². The van der Waals surface area contributed by atoms with Gasteiger partial charge in [-0.25, -0.2) is 8.42 Å². The molecule has 0 saturated carbocycles. The number of Topliss-reactive ketones (excluding diaryl/α,β-unsaturated/α-hetero) is 1. The minimum Gasteiger partial charge on any atom is -0.286 e. The van der Waals surface area contributed by atoms with Gasteiger partial charge in [-0.05, 0) is 12.1 Å². The number of hydrogen-bond donors (Lipinski definition) is 0. The Morgan fingerprint density at radius 2 is 1.78 bits per heavy atom. The van der Waals surface area contributed by atoms with E-state index in [-0.39, 0.29) is 16.2 Å². The maximum Gasteiger partial charge on any atom is 0.334 e. The van der Waals surface area contributed by atoms with Crippen molar-refractivity contribution in [2.75, 3.05) is 14.1 Å². The van der Waals surface area contributed by atoms with Crippen LogP contribution >= 0.6 is 0 Å². The summed E-state index contributed by atoms with van der Waals surface area (Å²) >= 11 is 0. The molecule has 23 heavy (non-hydrogen) atoms. The Balaban J connectivity index is 2.11. The van der Waals surface area contributed by atoms with Crippen LogP contribution in [0.25, 0.3) is 0 Å². The van der Waals surface area contributed by atoms with E-state index in [9.17, 15) is 18.0 Å². The van der Waals surface area contributed by atoms with Gasteiger partial charge in [-0.1, -0.05) is 12.1 Å². The van der Waals surface area contributed by atoms with E-state index in [0.29, 0.717) is 5.71 Å². The molecule has 1 aromatic rings. The summed E-state index contributed by atoms with van der Waals surface area (Å²) in [4.78, 5) is 24.2. The third-order valence-electron chi connectivity index (χ3n) is 3.89. The molecule has 0 N–H and O–H groups in total. The highest BCUT2D eigenvalue weighted by atomic mass is 32.2. The fourth-order valence-corrected chi connectivity index (χ4v) is 3.78. The van der Waals surface area contributed by atoms with Gasteiger partial charge in [0.2, 0.25) is 32.1 Å². The topological polar surface area (TPSA) is 99.2 Å². The van der Waals surface area contributed by atoms with E-state index < -0.39 is 26.6 Å². The SMILES string of the molecule is CC1=[N+](C)N(C)C(=O)C1=N/N=C1\C(=O)c2ccccc2S1(=O)=O. The molecule has 0 atom stereocenters. The van der Waals surface area contributed by atoms with Crippen molar-refractivity contribution in [3.05, 3.63) is 29.8 Å². The average molecular weight is 333 g/mol. The molecule has 1 aromatic carbocycles. The first-order valence-corrected chi connectivity index (χ1v) is 8.15. The lowest BCUT2D eigenvalue weighted by atomic mass is 10.1. The summed E-state index contributed by atoms with van der Waals surface area (Å²) in [6.45, 7) is 1.65. The van der Waals surface area contributed by atoms with Crippen molar-refractivity contribution in [2.45, 2.75) is 11.8 Å². The molecule has 0 radical (unpaired) electrons. The van der Waals surface area contributed by atoms with Gasteiger partial charge in [0.1, 0.15) is 0 Å². The lowest BCUT2D eigenvalue weighted by molar-refractivity contribution is -0.635. The van der Waals surface area contributed by atoms with Crippen LogP contribution < -0.4 is 0 Å². The van der Waals surface area contributed by atoms with Crippen LogP contribution in [0.2, 0.25) is 0 Å². The third kappa shape index (κ3) is 2.04. The predicted molar refractivity (Wildman–Crippen MR) is 82.5 cm³/mol. The van der Waals surface area contributed by atoms with E-state index in [4.69, 9.17) is 0 Å². The Labute approximate surface area is 132 Å². The molecule has 3 rings (SSSR count). The summed E-state index contributed by atoms with van der Waals surface area (Å²) < 4.78 is 26.3. The lowest BCUT2D eigenvalue weighted by Crippen LogP contribution is -2.30. The first-order chi connectivity index (χ1) is 10.8. The molecule has 2 aliphatic rings. The van der Waals surface area contributed by atoms with Crippen molar-refractivity contribution < 1.29 is 22.7 Å². The van der Waals surface area contributed by atoms with Crippen molar-refractivity contribution in [3.63, 3.8) is 0 Å². The van der Waals surface area contributed by atoms with E-state index in [1.807, 2.05) is 0 Å². The highest BCUT2D eigenvalue weighted by molar-refractivity contribution is 8.09. The van der Waals surface area contributed by atoms with Crippen LogP contribution in [0.3, 0.4) is 0 Å². The summed E-state index contributed by atoms with van der Waals surface area (Å²) in [5.41, 5.74) is 0.586. The van der Waals surface area contributed by atoms with Gasteiger partial charge >= 0.3 is 5.91 Å². The second-order valence-electron chi connectivity index (χ2n) is 5.12. The fourth-order valence-electron chi connectivity index (χ4n) is 2.36. The Bertz CT molecular complexity index is 957. The number of benzene rings is 1. The van der Waals surface area contributed by atoms with Crippen molar-refractivity contribution >= 4 is 38.0 Å². The van der Waals surface area contributed by atoms with Crippen LogP contribution in [0, 0.1) is 0 Å². The summed E-state index contributed by atoms with van der Waals surface area (Å²) in [6, 6.07) is 5.87. The molecule has 0 spiro atoms. The quantitative estimate of drug-likeness (QED) is 0.529. The first-order valence-electron chi connectivity index (χ1n) is 6.67. The van der Waals surface area contributed by atoms with Gasteiger partial charge in [-0.2, -0.15) is 0 Å². The van der Waals surface area contributed by atoms with Crippen LogP contribution in [0.15, 0.2) is 39.4 Å². The molecule has 0 unspecified atom stereocenters. The number of carbonyl (C=O) groups excluding carboxylic acids is 2. The molecular formula is C14H13N4O4S+. The fraction of sp³-hybridized carbons (Fsp3) is 0.214. The Kier molecular flexibility index (Phi) is 3.25. The minimum absolute atomic E-state index is 0.00135. The second-order valence-corrected chi connectivity index (χ2v) is 6.95. The van der Waals surface area contributed by atoms with Gasteiger partial charge in [0.15, 0.2) is 7.05 Å². The molecule has 0 fully saturated rings. The molecule has 8 nitrogen and oxygen atoms in total. The Hall–Kier alpha value is -2.68. The molecule has 2 heterocycles. The maximum atomic E-state index is 12.4. The molecular weight excluding hydrogens is 320 g/mol. The van der Waals surface area contributed by atoms with Crippen molar-refractivity contribution in [1.82, 2.24) is 5.01 Å². The normalized spacial score (nSPS) is 23.3. The standard InChI is InChI=1S/C14H13N4O4S/c1-8-11(14(20)18(3)17(8)2)15-16-13-12(19)9-6-4-5-7-10(9)23(13,21)22/h4-7H,1-3H3/q+1. The summed E-state index contributed by atoms with van der Waals surface area (Å²) in [5, 5.41) is 7.98. The average Bonchev–Trinajstić information content (AvgIpc) is 2.84. The maximum absolute atomic E-state index is 12.4. The minimum atomic E-state index is -4.00. The van der Waals surface area contributed by atoms with Crippen LogP contribution in [-0.2, 0) is 14.6 Å². The highest BCUT2D eigenvalue weighted by Crippen LogP contribution is 2.27. The number of hydrazone groups is 1. The van der Waals surface area contributed by atoms with Crippen LogP contribution in [0.1, 0.15) is 17.3 Å². The predicted octanol–water partition coefficient (Wildman–Crippen LogP) is -0.0987. The molecule has 2 aliphatic heterocycles. The van der Waals surface area contributed by atoms with E-state index in [1.54, 1.807) is 31.8 Å². The number of hydrazine groups is 1. The zero-order valence-corrected chi connectivity index (χ0v) is 13.5. The number of amides is 1. The molecule has 0 saturated heterocycles. The zero-order chi connectivity index (χ0) is 16.9. The number of fused-ring (bicyclic) bond motifs is 1. The zero-order valence-electron chi connectivity index (χ0n) is 12.6. The summed E-state index contributed by atoms with van der Waals surface area (Å²) in [7, 11) is -0.790. The number of sulfone groups is 1. The molecule has 0 bridgehead atoms. The number of nitrogens with zero attached hydrogens (tertiary/aromatic N) is 4. The lowest BCUT2D eigenvalue weighted by Gasteiger charge is -2.00. The summed E-state index contributed by atoms with van der Waals surface area (Å²) in [6.07, 6.45) is 0. The van der Waals surface area contributed by atoms with Gasteiger partial charge in [0, 0.05) is 12.5 Å². The van der Waals surface area contributed by atoms with Crippen molar-refractivity contribution in [2.24, 2.45) is 10.2 Å². The first kappa shape index (κ1) is 15.2. The third-order valence-corrected chi connectivity index (χ3v) is 5.60. The van der Waals surface area contributed by atoms with Crippen LogP contribution in [0.5, 0.6) is 0 Å². The Morgan fingerprint density at radius 3 is 2.35 bits per heavy atom. The monoisotopic (exact) mass is 333 g/mol. The molecule has 0 aliphatic carbocycles. The molecule has 0 aromatic heterocycles. The molecule has 9 heteroatoms. The van der Waals surface area contributed by atoms with E-state index in [2.05, 4.69) is 10.2 Å². The van der Waals surface area contributed by atoms with E-state index in [0.717, 1.165) is 0 Å². The van der Waals surface area contributed by atoms with Gasteiger partial charge in [0.05, 0.1) is 11.9 Å². The highest BCUT2D eigenvalue weighted by Gasteiger charge is 2.42. The number of rotatable bonds is 1. The number of ketones is 1. The van der Waals surface area contributed by atoms with Crippen LogP contribution in [0.4, 0.5) is 0 Å². The van der Waals surface area contributed by atoms with Crippen molar-refractivity contribution in [3.8, 4) is 0 Å². The van der Waals surface area contributed by atoms with Crippen LogP contribution in [-0.4, -0.2) is 60.4 Å². The van der Waals surface area contributed by atoms with Gasteiger partial charge in [0.25, 0.3) is 0 Å². The van der Waals surface area contributed by atoms with Crippen molar-refractivity contribution in [1.29, 1.82) is 0 Å². The largest absolute Gasteiger partial charge is 0.334 e. The van der Waals surface area contributed by atoms with Gasteiger partial charge < -0.3 is 0 Å². The van der Waals surface area contributed by atoms with E-state index >= 15 is 0 Å². The number of hydrogen-bond acceptors (Lipinski definition) is 6. The smallest absolute Gasteiger partial charge is 0.286 e. The molecule has 1 amide bonds. The molecule has 118 valence electrons. The summed E-state index contributed by atoms with van der Waals surface area (Å²) in [5.74, 6) is -1.13.